The molecule has 16 heteroatoms. The van der Waals surface area contributed by atoms with Gasteiger partial charge in [0.2, 0.25) is 21.9 Å². The fourth-order valence-corrected chi connectivity index (χ4v) is 4.99. The molecule has 39 heavy (non-hydrogen) atoms. The molecule has 0 unspecified atom stereocenters. The highest BCUT2D eigenvalue weighted by molar-refractivity contribution is 7.89. The van der Waals surface area contributed by atoms with E-state index < -0.39 is 15.9 Å². The lowest BCUT2D eigenvalue weighted by molar-refractivity contribution is -0.120. The maximum Gasteiger partial charge on any atom is 0.247 e. The van der Waals surface area contributed by atoms with E-state index in [1.54, 1.807) is 12.1 Å². The number of nitriles is 2. The number of carbonyl (C=O) groups excluding carboxylic acids is 1. The van der Waals surface area contributed by atoms with Crippen molar-refractivity contribution < 1.29 is 13.2 Å². The Balaban J connectivity index is 1.37. The molecule has 2 aliphatic rings. The summed E-state index contributed by atoms with van der Waals surface area (Å²) in [5.41, 5.74) is 2.08. The van der Waals surface area contributed by atoms with Crippen molar-refractivity contribution in [2.24, 2.45) is 0 Å². The van der Waals surface area contributed by atoms with Crippen LogP contribution in [0.2, 0.25) is 5.02 Å². The molecular weight excluding hydrogens is 546 g/mol. The standard InChI is InChI=1S/C23H24ClN11O3S/c1-39(37,38)32-19(36)13-33-4-6-34(7-5-33)18-9-14(10-25)8-17(20(18)24)29-23-30-21(28-15-2-3-15)22-27-12-16(11-26)35(22)31-23/h8-9,12,15H,2-7,13H2,1H3,(H,32,36)(H2,28,29,30,31). The van der Waals surface area contributed by atoms with Gasteiger partial charge in [0.1, 0.15) is 6.07 Å². The van der Waals surface area contributed by atoms with Crippen molar-refractivity contribution in [3.8, 4) is 12.1 Å². The molecule has 1 aromatic carbocycles. The highest BCUT2D eigenvalue weighted by atomic mass is 35.5. The Labute approximate surface area is 229 Å². The van der Waals surface area contributed by atoms with Crippen molar-refractivity contribution >= 4 is 56.3 Å². The summed E-state index contributed by atoms with van der Waals surface area (Å²) in [5, 5.41) is 30.3. The molecule has 3 aromatic rings. The number of hydrogen-bond acceptors (Lipinski definition) is 12. The lowest BCUT2D eigenvalue weighted by Gasteiger charge is -2.36. The average molecular weight is 570 g/mol. The quantitative estimate of drug-likeness (QED) is 0.350. The van der Waals surface area contributed by atoms with Crippen molar-refractivity contribution in [2.45, 2.75) is 18.9 Å². The largest absolute Gasteiger partial charge is 0.368 e. The topological polar surface area (TPSA) is 184 Å². The van der Waals surface area contributed by atoms with Crippen LogP contribution in [0.4, 0.5) is 23.1 Å². The van der Waals surface area contributed by atoms with Gasteiger partial charge >= 0.3 is 0 Å². The van der Waals surface area contributed by atoms with Gasteiger partial charge in [0.05, 0.1) is 47.0 Å². The summed E-state index contributed by atoms with van der Waals surface area (Å²) >= 11 is 6.80. The molecule has 3 heterocycles. The van der Waals surface area contributed by atoms with Crippen LogP contribution in [-0.2, 0) is 14.8 Å². The number of anilines is 4. The van der Waals surface area contributed by atoms with E-state index in [0.717, 1.165) is 19.1 Å². The smallest absolute Gasteiger partial charge is 0.247 e. The minimum atomic E-state index is -3.62. The van der Waals surface area contributed by atoms with Crippen molar-refractivity contribution in [1.29, 1.82) is 10.5 Å². The molecule has 1 saturated carbocycles. The number of benzene rings is 1. The molecule has 2 aromatic heterocycles. The van der Waals surface area contributed by atoms with Gasteiger partial charge in [-0.3, -0.25) is 14.4 Å². The summed E-state index contributed by atoms with van der Waals surface area (Å²) < 4.78 is 26.0. The Morgan fingerprint density at radius 2 is 1.92 bits per heavy atom. The fourth-order valence-electron chi connectivity index (χ4n) is 4.23. The molecule has 1 saturated heterocycles. The molecule has 1 amide bonds. The molecule has 0 atom stereocenters. The van der Waals surface area contributed by atoms with Crippen molar-refractivity contribution in [1.82, 2.24) is 29.2 Å². The molecule has 1 aliphatic carbocycles. The van der Waals surface area contributed by atoms with Gasteiger partial charge in [0, 0.05) is 32.2 Å². The molecule has 0 bridgehead atoms. The Bertz CT molecular complexity index is 1630. The zero-order chi connectivity index (χ0) is 27.7. The van der Waals surface area contributed by atoms with Crippen molar-refractivity contribution in [2.75, 3.05) is 54.5 Å². The van der Waals surface area contributed by atoms with Crippen LogP contribution >= 0.6 is 11.6 Å². The van der Waals surface area contributed by atoms with Gasteiger partial charge in [-0.25, -0.2) is 13.4 Å². The first-order valence-corrected chi connectivity index (χ1v) is 14.3. The van der Waals surface area contributed by atoms with E-state index in [4.69, 9.17) is 11.6 Å². The van der Waals surface area contributed by atoms with E-state index >= 15 is 0 Å². The molecule has 0 spiro atoms. The number of carbonyl (C=O) groups is 1. The Hall–Kier alpha value is -4.18. The molecular formula is C23H24ClN11O3S. The van der Waals surface area contributed by atoms with Gasteiger partial charge in [0.15, 0.2) is 17.2 Å². The van der Waals surface area contributed by atoms with Gasteiger partial charge in [-0.1, -0.05) is 11.6 Å². The van der Waals surface area contributed by atoms with E-state index in [1.807, 2.05) is 14.5 Å². The number of sulfonamides is 1. The number of amides is 1. The van der Waals surface area contributed by atoms with Crippen molar-refractivity contribution in [3.63, 3.8) is 0 Å². The SMILES string of the molecule is CS(=O)(=O)NC(=O)CN1CCN(c2cc(C#N)cc(Nc3nc(NC4CC4)c4ncc(C#N)n4n3)c2Cl)CC1. The van der Waals surface area contributed by atoms with E-state index in [0.29, 0.717) is 59.6 Å². The number of rotatable bonds is 8. The second kappa shape index (κ2) is 10.5. The van der Waals surface area contributed by atoms with Crippen LogP contribution in [0.3, 0.4) is 0 Å². The maximum absolute atomic E-state index is 12.0. The monoisotopic (exact) mass is 569 g/mol. The number of nitrogens with zero attached hydrogens (tertiary/aromatic N) is 8. The molecule has 0 radical (unpaired) electrons. The van der Waals surface area contributed by atoms with Crippen molar-refractivity contribution in [3.05, 3.63) is 34.6 Å². The normalized spacial score (nSPS) is 15.9. The highest BCUT2D eigenvalue weighted by Gasteiger charge is 2.26. The molecule has 5 rings (SSSR count). The number of piperazine rings is 1. The number of fused-ring (bicyclic) bond motifs is 1. The third-order valence-electron chi connectivity index (χ3n) is 6.20. The van der Waals surface area contributed by atoms with Crippen LogP contribution in [0.5, 0.6) is 0 Å². The van der Waals surface area contributed by atoms with E-state index in [1.165, 1.54) is 10.7 Å². The van der Waals surface area contributed by atoms with Crippen LogP contribution in [-0.4, -0.2) is 83.8 Å². The zero-order valence-electron chi connectivity index (χ0n) is 20.8. The van der Waals surface area contributed by atoms with Crippen LogP contribution in [0, 0.1) is 22.7 Å². The summed E-state index contributed by atoms with van der Waals surface area (Å²) in [6.07, 6.45) is 4.39. The van der Waals surface area contributed by atoms with Gasteiger partial charge in [0.25, 0.3) is 0 Å². The third-order valence-corrected chi connectivity index (χ3v) is 7.20. The van der Waals surface area contributed by atoms with Gasteiger partial charge in [-0.05, 0) is 25.0 Å². The minimum Gasteiger partial charge on any atom is -0.368 e. The van der Waals surface area contributed by atoms with Gasteiger partial charge in [-0.15, -0.1) is 5.10 Å². The average Bonchev–Trinajstić information content (AvgIpc) is 3.60. The zero-order valence-corrected chi connectivity index (χ0v) is 22.4. The summed E-state index contributed by atoms with van der Waals surface area (Å²) in [4.78, 5) is 24.6. The second-order valence-corrected chi connectivity index (χ2v) is 11.5. The van der Waals surface area contributed by atoms with E-state index in [-0.39, 0.29) is 24.2 Å². The first kappa shape index (κ1) is 26.4. The molecule has 14 nitrogen and oxygen atoms in total. The van der Waals surface area contributed by atoms with Crippen LogP contribution in [0.25, 0.3) is 5.65 Å². The van der Waals surface area contributed by atoms with Crippen LogP contribution < -0.4 is 20.3 Å². The fraction of sp³-hybridized carbons (Fsp3) is 0.391. The lowest BCUT2D eigenvalue weighted by atomic mass is 10.1. The number of aromatic nitrogens is 4. The number of imidazole rings is 1. The van der Waals surface area contributed by atoms with Crippen LogP contribution in [0.15, 0.2) is 18.3 Å². The summed E-state index contributed by atoms with van der Waals surface area (Å²) in [6, 6.07) is 7.78. The predicted octanol–water partition coefficient (Wildman–Crippen LogP) is 1.04. The molecule has 1 aliphatic heterocycles. The van der Waals surface area contributed by atoms with E-state index in [9.17, 15) is 23.7 Å². The highest BCUT2D eigenvalue weighted by Crippen LogP contribution is 2.36. The third kappa shape index (κ3) is 6.12. The minimum absolute atomic E-state index is 0.0460. The number of hydrogen-bond donors (Lipinski definition) is 3. The molecule has 202 valence electrons. The Morgan fingerprint density at radius 1 is 1.18 bits per heavy atom. The predicted molar refractivity (Wildman–Crippen MR) is 143 cm³/mol. The molecule has 3 N–H and O–H groups in total. The van der Waals surface area contributed by atoms with Crippen LogP contribution in [0.1, 0.15) is 24.1 Å². The lowest BCUT2D eigenvalue weighted by Crippen LogP contribution is -2.50. The summed E-state index contributed by atoms with van der Waals surface area (Å²) in [6.45, 7) is 1.92. The first-order chi connectivity index (χ1) is 18.6. The van der Waals surface area contributed by atoms with Gasteiger partial charge < -0.3 is 15.5 Å². The number of nitrogens with one attached hydrogen (secondary N) is 3. The van der Waals surface area contributed by atoms with E-state index in [2.05, 4.69) is 37.8 Å². The summed E-state index contributed by atoms with van der Waals surface area (Å²) in [5.74, 6) is 0.0667. The maximum atomic E-state index is 12.0. The summed E-state index contributed by atoms with van der Waals surface area (Å²) in [7, 11) is -3.62. The second-order valence-electron chi connectivity index (χ2n) is 9.35. The molecule has 2 fully saturated rings. The Kier molecular flexibility index (Phi) is 7.14. The first-order valence-electron chi connectivity index (χ1n) is 12.0. The Morgan fingerprint density at radius 3 is 2.56 bits per heavy atom. The van der Waals surface area contributed by atoms with Gasteiger partial charge in [-0.2, -0.15) is 20.0 Å². The number of halogens is 1.